The van der Waals surface area contributed by atoms with Crippen molar-refractivity contribution in [3.8, 4) is 0 Å². The van der Waals surface area contributed by atoms with E-state index in [1.54, 1.807) is 11.3 Å². The molecule has 1 atom stereocenters. The molecular formula is C13H13N5S. The molecule has 4 rings (SSSR count). The lowest BCUT2D eigenvalue weighted by Crippen LogP contribution is -2.28. The molecule has 3 heterocycles. The van der Waals surface area contributed by atoms with E-state index in [0.29, 0.717) is 5.92 Å². The number of rotatable bonds is 1. The molecule has 96 valence electrons. The molecule has 0 aliphatic carbocycles. The average molecular weight is 271 g/mol. The molecule has 1 aliphatic rings. The molecule has 0 spiro atoms. The number of nitrogens with zero attached hydrogens (tertiary/aromatic N) is 4. The molecule has 0 amide bonds. The fourth-order valence-electron chi connectivity index (χ4n) is 2.59. The first kappa shape index (κ1) is 11.1. The van der Waals surface area contributed by atoms with Crippen LogP contribution < -0.4 is 5.32 Å². The van der Waals surface area contributed by atoms with Gasteiger partial charge in [-0.1, -0.05) is 35.6 Å². The van der Waals surface area contributed by atoms with Crippen LogP contribution in [0.4, 0.5) is 0 Å². The lowest BCUT2D eigenvalue weighted by atomic mass is 9.91. The first-order valence-electron chi connectivity index (χ1n) is 6.30. The molecular weight excluding hydrogens is 258 g/mol. The van der Waals surface area contributed by atoms with Crippen molar-refractivity contribution in [2.24, 2.45) is 0 Å². The predicted octanol–water partition coefficient (Wildman–Crippen LogP) is 1.73. The van der Waals surface area contributed by atoms with Crippen LogP contribution in [0.2, 0.25) is 0 Å². The van der Waals surface area contributed by atoms with Crippen molar-refractivity contribution in [3.63, 3.8) is 0 Å². The van der Waals surface area contributed by atoms with Crippen molar-refractivity contribution in [1.29, 1.82) is 0 Å². The molecule has 2 aromatic heterocycles. The Balaban J connectivity index is 1.84. The monoisotopic (exact) mass is 271 g/mol. The first-order chi connectivity index (χ1) is 9.33. The van der Waals surface area contributed by atoms with Gasteiger partial charge in [-0.25, -0.2) is 0 Å². The SMILES string of the molecule is Cc1nnc2sc(C3CNCc4ccccc43)nn12. The maximum Gasteiger partial charge on any atom is 0.234 e. The van der Waals surface area contributed by atoms with Gasteiger partial charge in [0.05, 0.1) is 5.92 Å². The second kappa shape index (κ2) is 4.11. The lowest BCUT2D eigenvalue weighted by Gasteiger charge is -2.24. The standard InChI is InChI=1S/C13H13N5S/c1-8-15-16-13-18(8)17-12(19-13)11-7-14-6-9-4-2-3-5-10(9)11/h2-5,11,14H,6-7H2,1H3. The number of fused-ring (bicyclic) bond motifs is 2. The summed E-state index contributed by atoms with van der Waals surface area (Å²) in [5, 5.41) is 17.4. The molecule has 1 unspecified atom stereocenters. The Bertz CT molecular complexity index is 744. The molecule has 19 heavy (non-hydrogen) atoms. The summed E-state index contributed by atoms with van der Waals surface area (Å²) >= 11 is 1.63. The van der Waals surface area contributed by atoms with Gasteiger partial charge in [0.2, 0.25) is 4.96 Å². The van der Waals surface area contributed by atoms with Gasteiger partial charge in [-0.15, -0.1) is 10.2 Å². The number of aryl methyl sites for hydroxylation is 1. The molecule has 0 saturated heterocycles. The Morgan fingerprint density at radius 3 is 3.11 bits per heavy atom. The number of aromatic nitrogens is 4. The van der Waals surface area contributed by atoms with E-state index in [2.05, 4.69) is 44.9 Å². The van der Waals surface area contributed by atoms with Gasteiger partial charge in [0.1, 0.15) is 5.01 Å². The Labute approximate surface area is 114 Å². The van der Waals surface area contributed by atoms with E-state index in [1.165, 1.54) is 11.1 Å². The van der Waals surface area contributed by atoms with Gasteiger partial charge in [0, 0.05) is 13.1 Å². The topological polar surface area (TPSA) is 55.1 Å². The molecule has 3 aromatic rings. The summed E-state index contributed by atoms with van der Waals surface area (Å²) in [5.41, 5.74) is 2.74. The van der Waals surface area contributed by atoms with Crippen LogP contribution in [0, 0.1) is 6.92 Å². The molecule has 0 radical (unpaired) electrons. The molecule has 0 saturated carbocycles. The Morgan fingerprint density at radius 2 is 2.21 bits per heavy atom. The predicted molar refractivity (Wildman–Crippen MR) is 73.4 cm³/mol. The first-order valence-corrected chi connectivity index (χ1v) is 7.12. The van der Waals surface area contributed by atoms with E-state index in [0.717, 1.165) is 28.9 Å². The summed E-state index contributed by atoms with van der Waals surface area (Å²) in [4.78, 5) is 0.871. The van der Waals surface area contributed by atoms with Crippen molar-refractivity contribution >= 4 is 16.3 Å². The summed E-state index contributed by atoms with van der Waals surface area (Å²) in [7, 11) is 0. The van der Waals surface area contributed by atoms with E-state index in [4.69, 9.17) is 0 Å². The highest BCUT2D eigenvalue weighted by Gasteiger charge is 2.25. The van der Waals surface area contributed by atoms with Crippen LogP contribution in [0.1, 0.15) is 27.9 Å². The third-order valence-electron chi connectivity index (χ3n) is 3.55. The van der Waals surface area contributed by atoms with Crippen molar-refractivity contribution in [2.75, 3.05) is 6.54 Å². The van der Waals surface area contributed by atoms with Crippen LogP contribution >= 0.6 is 11.3 Å². The van der Waals surface area contributed by atoms with Gasteiger partial charge in [-0.2, -0.15) is 9.61 Å². The smallest absolute Gasteiger partial charge is 0.234 e. The lowest BCUT2D eigenvalue weighted by molar-refractivity contribution is 0.584. The number of nitrogens with one attached hydrogen (secondary N) is 1. The summed E-state index contributed by atoms with van der Waals surface area (Å²) in [6.45, 7) is 3.80. The summed E-state index contributed by atoms with van der Waals surface area (Å²) < 4.78 is 1.83. The maximum absolute atomic E-state index is 4.66. The fraction of sp³-hybridized carbons (Fsp3) is 0.308. The Hall–Kier alpha value is -1.79. The van der Waals surface area contributed by atoms with Gasteiger partial charge in [-0.3, -0.25) is 0 Å². The summed E-state index contributed by atoms with van der Waals surface area (Å²) in [6, 6.07) is 8.57. The molecule has 1 N–H and O–H groups in total. The third-order valence-corrected chi connectivity index (χ3v) is 4.57. The summed E-state index contributed by atoms with van der Waals surface area (Å²) in [6.07, 6.45) is 0. The van der Waals surface area contributed by atoms with E-state index >= 15 is 0 Å². The molecule has 6 heteroatoms. The minimum absolute atomic E-state index is 0.316. The number of hydrogen-bond acceptors (Lipinski definition) is 5. The minimum atomic E-state index is 0.316. The largest absolute Gasteiger partial charge is 0.312 e. The fourth-order valence-corrected chi connectivity index (χ4v) is 3.59. The van der Waals surface area contributed by atoms with E-state index in [-0.39, 0.29) is 0 Å². The quantitative estimate of drug-likeness (QED) is 0.732. The van der Waals surface area contributed by atoms with E-state index in [9.17, 15) is 0 Å². The van der Waals surface area contributed by atoms with Crippen molar-refractivity contribution in [2.45, 2.75) is 19.4 Å². The highest BCUT2D eigenvalue weighted by atomic mass is 32.1. The maximum atomic E-state index is 4.66. The molecule has 5 nitrogen and oxygen atoms in total. The van der Waals surface area contributed by atoms with Crippen LogP contribution in [-0.4, -0.2) is 26.4 Å². The normalized spacial score (nSPS) is 18.7. The van der Waals surface area contributed by atoms with Crippen LogP contribution in [0.3, 0.4) is 0 Å². The van der Waals surface area contributed by atoms with Gasteiger partial charge < -0.3 is 5.32 Å². The molecule has 0 fully saturated rings. The van der Waals surface area contributed by atoms with Crippen LogP contribution in [0.15, 0.2) is 24.3 Å². The summed E-state index contributed by atoms with van der Waals surface area (Å²) in [5.74, 6) is 1.16. The molecule has 1 aliphatic heterocycles. The van der Waals surface area contributed by atoms with Gasteiger partial charge >= 0.3 is 0 Å². The highest BCUT2D eigenvalue weighted by molar-refractivity contribution is 7.16. The van der Waals surface area contributed by atoms with Crippen molar-refractivity contribution in [1.82, 2.24) is 25.1 Å². The zero-order valence-corrected chi connectivity index (χ0v) is 11.3. The average Bonchev–Trinajstić information content (AvgIpc) is 3.01. The van der Waals surface area contributed by atoms with E-state index < -0.39 is 0 Å². The zero-order valence-electron chi connectivity index (χ0n) is 10.5. The highest BCUT2D eigenvalue weighted by Crippen LogP contribution is 2.32. The minimum Gasteiger partial charge on any atom is -0.312 e. The third kappa shape index (κ3) is 1.67. The Morgan fingerprint density at radius 1 is 1.32 bits per heavy atom. The number of hydrogen-bond donors (Lipinski definition) is 1. The second-order valence-electron chi connectivity index (χ2n) is 4.76. The Kier molecular flexibility index (Phi) is 2.39. The number of benzene rings is 1. The van der Waals surface area contributed by atoms with Crippen LogP contribution in [0.5, 0.6) is 0 Å². The van der Waals surface area contributed by atoms with Gasteiger partial charge in [0.15, 0.2) is 5.82 Å². The molecule has 0 bridgehead atoms. The van der Waals surface area contributed by atoms with E-state index in [1.807, 2.05) is 11.4 Å². The van der Waals surface area contributed by atoms with Crippen molar-refractivity contribution in [3.05, 3.63) is 46.2 Å². The van der Waals surface area contributed by atoms with Gasteiger partial charge in [-0.05, 0) is 18.1 Å². The van der Waals surface area contributed by atoms with Gasteiger partial charge in [0.25, 0.3) is 0 Å². The van der Waals surface area contributed by atoms with Crippen LogP contribution in [0.25, 0.3) is 4.96 Å². The second-order valence-corrected chi connectivity index (χ2v) is 5.75. The molecule has 1 aromatic carbocycles. The zero-order chi connectivity index (χ0) is 12.8. The van der Waals surface area contributed by atoms with Crippen molar-refractivity contribution < 1.29 is 0 Å². The van der Waals surface area contributed by atoms with Crippen LogP contribution in [-0.2, 0) is 6.54 Å².